The molecule has 7 nitrogen and oxygen atoms in total. The van der Waals surface area contributed by atoms with Crippen molar-refractivity contribution in [2.45, 2.75) is 45.8 Å². The Morgan fingerprint density at radius 1 is 1.00 bits per heavy atom. The third-order valence-electron chi connectivity index (χ3n) is 2.99. The van der Waals surface area contributed by atoms with Gasteiger partial charge in [-0.25, -0.2) is 4.79 Å². The minimum atomic E-state index is -1.20. The van der Waals surface area contributed by atoms with Gasteiger partial charge in [-0.3, -0.25) is 9.59 Å². The number of methoxy groups -OCH3 is 2. The smallest absolute Gasteiger partial charge is 0.328 e. The molecule has 0 heterocycles. The van der Waals surface area contributed by atoms with Crippen molar-refractivity contribution in [1.82, 2.24) is 5.32 Å². The van der Waals surface area contributed by atoms with Crippen LogP contribution < -0.4 is 5.32 Å². The van der Waals surface area contributed by atoms with Crippen LogP contribution in [0.3, 0.4) is 0 Å². The van der Waals surface area contributed by atoms with Gasteiger partial charge in [0.1, 0.15) is 12.1 Å². The quantitative estimate of drug-likeness (QED) is 0.623. The monoisotopic (exact) mass is 303 g/mol. The van der Waals surface area contributed by atoms with Crippen LogP contribution in [-0.4, -0.2) is 49.3 Å². The van der Waals surface area contributed by atoms with Crippen LogP contribution in [0.25, 0.3) is 0 Å². The first-order valence-electron chi connectivity index (χ1n) is 6.87. The molecule has 3 atom stereocenters. The van der Waals surface area contributed by atoms with E-state index < -0.39 is 35.9 Å². The summed E-state index contributed by atoms with van der Waals surface area (Å²) in [4.78, 5) is 34.9. The van der Waals surface area contributed by atoms with E-state index in [2.05, 4.69) is 14.8 Å². The van der Waals surface area contributed by atoms with Gasteiger partial charge in [0, 0.05) is 0 Å². The fourth-order valence-electron chi connectivity index (χ4n) is 1.83. The van der Waals surface area contributed by atoms with Crippen molar-refractivity contribution in [2.75, 3.05) is 14.2 Å². The predicted molar refractivity (Wildman–Crippen MR) is 75.2 cm³/mol. The highest BCUT2D eigenvalue weighted by molar-refractivity contribution is 5.87. The molecule has 0 radical (unpaired) electrons. The molecule has 2 N–H and O–H groups in total. The molecule has 0 aromatic carbocycles. The molecule has 0 saturated carbocycles. The van der Waals surface area contributed by atoms with Crippen LogP contribution in [0.15, 0.2) is 0 Å². The van der Waals surface area contributed by atoms with E-state index in [1.165, 1.54) is 14.2 Å². The zero-order valence-electron chi connectivity index (χ0n) is 13.2. The number of aliphatic hydroxyl groups is 1. The van der Waals surface area contributed by atoms with Crippen LogP contribution in [-0.2, 0) is 23.9 Å². The largest absolute Gasteiger partial charge is 0.469 e. The Labute approximate surface area is 125 Å². The molecular weight excluding hydrogens is 278 g/mol. The van der Waals surface area contributed by atoms with Crippen molar-refractivity contribution >= 4 is 17.8 Å². The SMILES string of the molecule is COC(=O)[C@@H](C)C[C@@H](NC(=O)[C@@H](O)CC(C)C)C(=O)OC. The zero-order chi connectivity index (χ0) is 16.6. The minimum absolute atomic E-state index is 0.0412. The van der Waals surface area contributed by atoms with Gasteiger partial charge < -0.3 is 19.9 Å². The molecule has 0 rings (SSSR count). The van der Waals surface area contributed by atoms with E-state index in [1.54, 1.807) is 6.92 Å². The van der Waals surface area contributed by atoms with Crippen LogP contribution >= 0.6 is 0 Å². The Morgan fingerprint density at radius 2 is 1.52 bits per heavy atom. The second-order valence-electron chi connectivity index (χ2n) is 5.39. The average molecular weight is 303 g/mol. The number of carbonyl (C=O) groups excluding carboxylic acids is 3. The predicted octanol–water partition coefficient (Wildman–Crippen LogP) is 0.250. The molecule has 0 unspecified atom stereocenters. The van der Waals surface area contributed by atoms with E-state index in [4.69, 9.17) is 0 Å². The Balaban J connectivity index is 4.74. The van der Waals surface area contributed by atoms with Gasteiger partial charge in [0.2, 0.25) is 5.91 Å². The van der Waals surface area contributed by atoms with Gasteiger partial charge in [-0.2, -0.15) is 0 Å². The second-order valence-corrected chi connectivity index (χ2v) is 5.39. The molecule has 0 bridgehead atoms. The maximum atomic E-state index is 11.8. The summed E-state index contributed by atoms with van der Waals surface area (Å²) in [6, 6.07) is -1.00. The highest BCUT2D eigenvalue weighted by Gasteiger charge is 2.29. The first-order chi connectivity index (χ1) is 9.72. The molecule has 21 heavy (non-hydrogen) atoms. The van der Waals surface area contributed by atoms with E-state index in [9.17, 15) is 19.5 Å². The maximum Gasteiger partial charge on any atom is 0.328 e. The Morgan fingerprint density at radius 3 is 1.95 bits per heavy atom. The molecular formula is C14H25NO6. The summed E-state index contributed by atoms with van der Waals surface area (Å²) < 4.78 is 9.18. The van der Waals surface area contributed by atoms with Crippen molar-refractivity contribution in [3.8, 4) is 0 Å². The van der Waals surface area contributed by atoms with Crippen molar-refractivity contribution in [2.24, 2.45) is 11.8 Å². The Bertz CT molecular complexity index is 368. The van der Waals surface area contributed by atoms with Crippen molar-refractivity contribution < 1.29 is 29.0 Å². The lowest BCUT2D eigenvalue weighted by Gasteiger charge is -2.21. The summed E-state index contributed by atoms with van der Waals surface area (Å²) in [5, 5.41) is 12.1. The van der Waals surface area contributed by atoms with E-state index >= 15 is 0 Å². The van der Waals surface area contributed by atoms with Crippen LogP contribution in [0.2, 0.25) is 0 Å². The lowest BCUT2D eigenvalue weighted by atomic mass is 10.0. The fourth-order valence-corrected chi connectivity index (χ4v) is 1.83. The molecule has 1 amide bonds. The number of amides is 1. The van der Waals surface area contributed by atoms with Gasteiger partial charge in [0.05, 0.1) is 20.1 Å². The molecule has 0 spiro atoms. The molecule has 122 valence electrons. The molecule has 0 aromatic heterocycles. The summed E-state index contributed by atoms with van der Waals surface area (Å²) >= 11 is 0. The summed E-state index contributed by atoms with van der Waals surface area (Å²) in [6.45, 7) is 5.32. The van der Waals surface area contributed by atoms with Crippen LogP contribution in [0.4, 0.5) is 0 Å². The summed E-state index contributed by atoms with van der Waals surface area (Å²) in [7, 11) is 2.44. The highest BCUT2D eigenvalue weighted by Crippen LogP contribution is 2.11. The number of carbonyl (C=O) groups is 3. The Kier molecular flexibility index (Phi) is 8.61. The zero-order valence-corrected chi connectivity index (χ0v) is 13.2. The van der Waals surface area contributed by atoms with Crippen molar-refractivity contribution in [1.29, 1.82) is 0 Å². The highest BCUT2D eigenvalue weighted by atomic mass is 16.5. The molecule has 0 aliphatic heterocycles. The number of esters is 2. The van der Waals surface area contributed by atoms with Gasteiger partial charge >= 0.3 is 11.9 Å². The van der Waals surface area contributed by atoms with Gasteiger partial charge in [-0.1, -0.05) is 20.8 Å². The molecule has 0 aliphatic rings. The Hall–Kier alpha value is -1.63. The second kappa shape index (κ2) is 9.33. The fraction of sp³-hybridized carbons (Fsp3) is 0.786. The maximum absolute atomic E-state index is 11.8. The number of nitrogens with one attached hydrogen (secondary N) is 1. The number of aliphatic hydroxyl groups excluding tert-OH is 1. The first kappa shape index (κ1) is 19.4. The third-order valence-corrected chi connectivity index (χ3v) is 2.99. The van der Waals surface area contributed by atoms with Crippen LogP contribution in [0.5, 0.6) is 0 Å². The summed E-state index contributed by atoms with van der Waals surface area (Å²) in [5.74, 6) is -2.26. The molecule has 0 aliphatic carbocycles. The van der Waals surface area contributed by atoms with Crippen LogP contribution in [0.1, 0.15) is 33.6 Å². The van der Waals surface area contributed by atoms with Crippen molar-refractivity contribution in [3.05, 3.63) is 0 Å². The molecule has 0 aromatic rings. The molecule has 0 fully saturated rings. The number of rotatable bonds is 8. The van der Waals surface area contributed by atoms with E-state index in [-0.39, 0.29) is 18.8 Å². The van der Waals surface area contributed by atoms with Gasteiger partial charge in [0.25, 0.3) is 0 Å². The third kappa shape index (κ3) is 7.08. The lowest BCUT2D eigenvalue weighted by molar-refractivity contribution is -0.149. The molecule has 0 saturated heterocycles. The average Bonchev–Trinajstić information content (AvgIpc) is 2.43. The number of hydrogen-bond acceptors (Lipinski definition) is 6. The summed E-state index contributed by atoms with van der Waals surface area (Å²) in [5.41, 5.74) is 0. The van der Waals surface area contributed by atoms with Gasteiger partial charge in [-0.05, 0) is 18.8 Å². The van der Waals surface area contributed by atoms with E-state index in [0.29, 0.717) is 0 Å². The van der Waals surface area contributed by atoms with Gasteiger partial charge in [-0.15, -0.1) is 0 Å². The lowest BCUT2D eigenvalue weighted by Crippen LogP contribution is -2.47. The normalized spacial score (nSPS) is 15.0. The first-order valence-corrected chi connectivity index (χ1v) is 6.87. The molecule has 7 heteroatoms. The summed E-state index contributed by atoms with van der Waals surface area (Å²) in [6.07, 6.45) is -0.878. The standard InChI is InChI=1S/C14H25NO6/c1-8(2)6-11(16)12(17)15-10(14(19)21-5)7-9(3)13(18)20-4/h8-11,16H,6-7H2,1-5H3,(H,15,17)/t9-,10+,11-/m0/s1. The van der Waals surface area contributed by atoms with Crippen LogP contribution in [0, 0.1) is 11.8 Å². The minimum Gasteiger partial charge on any atom is -0.469 e. The van der Waals surface area contributed by atoms with Gasteiger partial charge in [0.15, 0.2) is 0 Å². The number of hydrogen-bond donors (Lipinski definition) is 2. The van der Waals surface area contributed by atoms with E-state index in [0.717, 1.165) is 0 Å². The topological polar surface area (TPSA) is 102 Å². The van der Waals surface area contributed by atoms with E-state index in [1.807, 2.05) is 13.8 Å². The van der Waals surface area contributed by atoms with Crippen molar-refractivity contribution in [3.63, 3.8) is 0 Å². The number of ether oxygens (including phenoxy) is 2.